The van der Waals surface area contributed by atoms with E-state index in [4.69, 9.17) is 0 Å². The van der Waals surface area contributed by atoms with E-state index in [-0.39, 0.29) is 16.9 Å². The first-order chi connectivity index (χ1) is 9.96. The first-order valence-electron chi connectivity index (χ1n) is 5.71. The number of benzene rings is 1. The molecule has 0 saturated carbocycles. The van der Waals surface area contributed by atoms with E-state index in [1.54, 1.807) is 0 Å². The number of halogens is 3. The van der Waals surface area contributed by atoms with Crippen LogP contribution in [0.3, 0.4) is 0 Å². The molecule has 2 aromatic heterocycles. The molecule has 0 atom stereocenters. The average Bonchev–Trinajstić information content (AvgIpc) is 2.83. The molecule has 21 heavy (non-hydrogen) atoms. The molecule has 0 spiro atoms. The fraction of sp³-hybridized carbons (Fsp3) is 0.0833. The Balaban J connectivity index is 2.22. The number of imidazole rings is 1. The zero-order valence-electron chi connectivity index (χ0n) is 10.3. The third kappa shape index (κ3) is 2.45. The Morgan fingerprint density at radius 2 is 1.95 bits per heavy atom. The van der Waals surface area contributed by atoms with Gasteiger partial charge in [-0.3, -0.25) is 9.36 Å². The van der Waals surface area contributed by atoms with Crippen LogP contribution in [-0.2, 0) is 0 Å². The van der Waals surface area contributed by atoms with Crippen molar-refractivity contribution in [2.24, 2.45) is 0 Å². The Morgan fingerprint density at radius 3 is 2.71 bits per heavy atom. The summed E-state index contributed by atoms with van der Waals surface area (Å²) in [5.41, 5.74) is -0.313. The van der Waals surface area contributed by atoms with Gasteiger partial charge in [0.05, 0.1) is 12.0 Å². The highest BCUT2D eigenvalue weighted by Gasteiger charge is 2.32. The van der Waals surface area contributed by atoms with Gasteiger partial charge in [0.15, 0.2) is 16.9 Å². The van der Waals surface area contributed by atoms with Gasteiger partial charge in [0, 0.05) is 0 Å². The van der Waals surface area contributed by atoms with Gasteiger partial charge in [-0.1, -0.05) is 12.1 Å². The van der Waals surface area contributed by atoms with Gasteiger partial charge in [-0.25, -0.2) is 9.97 Å². The van der Waals surface area contributed by atoms with Gasteiger partial charge < -0.3 is 9.72 Å². The number of nitrogens with zero attached hydrogens (tertiary/aromatic N) is 3. The molecular weight excluding hydrogens is 289 g/mol. The molecule has 0 saturated heterocycles. The summed E-state index contributed by atoms with van der Waals surface area (Å²) in [4.78, 5) is 21.9. The third-order valence-electron chi connectivity index (χ3n) is 2.70. The van der Waals surface area contributed by atoms with Crippen LogP contribution in [0.2, 0.25) is 0 Å². The van der Waals surface area contributed by atoms with Crippen LogP contribution in [0.5, 0.6) is 5.75 Å². The lowest BCUT2D eigenvalue weighted by Crippen LogP contribution is -2.18. The molecule has 6 nitrogen and oxygen atoms in total. The van der Waals surface area contributed by atoms with E-state index in [0.717, 1.165) is 6.07 Å². The summed E-state index contributed by atoms with van der Waals surface area (Å²) in [7, 11) is 0. The maximum absolute atomic E-state index is 12.4. The smallest absolute Gasteiger partial charge is 0.404 e. The molecule has 9 heteroatoms. The van der Waals surface area contributed by atoms with Gasteiger partial charge in [-0.15, -0.1) is 13.2 Å². The molecule has 0 amide bonds. The second kappa shape index (κ2) is 4.62. The normalized spacial score (nSPS) is 11.8. The summed E-state index contributed by atoms with van der Waals surface area (Å²) in [6, 6.07) is 5.45. The summed E-state index contributed by atoms with van der Waals surface area (Å²) in [6.07, 6.45) is -2.46. The highest BCUT2D eigenvalue weighted by atomic mass is 19.4. The summed E-state index contributed by atoms with van der Waals surface area (Å²) in [6.45, 7) is 0. The molecule has 2 heterocycles. The Morgan fingerprint density at radius 1 is 1.19 bits per heavy atom. The van der Waals surface area contributed by atoms with Crippen molar-refractivity contribution in [1.82, 2.24) is 19.5 Å². The minimum Gasteiger partial charge on any atom is -0.404 e. The summed E-state index contributed by atoms with van der Waals surface area (Å²) >= 11 is 0. The van der Waals surface area contributed by atoms with E-state index in [9.17, 15) is 18.0 Å². The Hall–Kier alpha value is -2.84. The van der Waals surface area contributed by atoms with Crippen LogP contribution < -0.4 is 10.3 Å². The van der Waals surface area contributed by atoms with Gasteiger partial charge in [0.25, 0.3) is 5.56 Å². The van der Waals surface area contributed by atoms with Crippen molar-refractivity contribution in [1.29, 1.82) is 0 Å². The van der Waals surface area contributed by atoms with Crippen molar-refractivity contribution in [3.63, 3.8) is 0 Å². The second-order valence-corrected chi connectivity index (χ2v) is 4.03. The number of hydrogen-bond acceptors (Lipinski definition) is 4. The van der Waals surface area contributed by atoms with Gasteiger partial charge >= 0.3 is 6.36 Å². The van der Waals surface area contributed by atoms with Crippen molar-refractivity contribution in [2.75, 3.05) is 0 Å². The molecule has 3 rings (SSSR count). The van der Waals surface area contributed by atoms with E-state index >= 15 is 0 Å². The van der Waals surface area contributed by atoms with E-state index in [1.165, 1.54) is 35.4 Å². The second-order valence-electron chi connectivity index (χ2n) is 4.03. The number of H-pyrrole nitrogens is 1. The summed E-state index contributed by atoms with van der Waals surface area (Å²) < 4.78 is 42.4. The lowest BCUT2D eigenvalue weighted by Gasteiger charge is -2.13. The molecule has 0 aliphatic carbocycles. The Labute approximate surface area is 114 Å². The molecule has 0 fully saturated rings. The van der Waals surface area contributed by atoms with Crippen molar-refractivity contribution in [3.8, 4) is 11.4 Å². The Bertz CT molecular complexity index is 853. The molecule has 0 aliphatic rings. The fourth-order valence-corrected chi connectivity index (χ4v) is 1.91. The number of aromatic amines is 1. The lowest BCUT2D eigenvalue weighted by molar-refractivity contribution is -0.274. The predicted octanol–water partition coefficient (Wildman–Crippen LogP) is 2.01. The van der Waals surface area contributed by atoms with Crippen molar-refractivity contribution in [2.45, 2.75) is 6.36 Å². The molecule has 108 valence electrons. The number of aromatic nitrogens is 4. The number of fused-ring (bicyclic) bond motifs is 1. The number of nitrogens with one attached hydrogen (secondary N) is 1. The fourth-order valence-electron chi connectivity index (χ4n) is 1.91. The highest BCUT2D eigenvalue weighted by molar-refractivity contribution is 5.72. The molecular formula is C12H7F3N4O2. The Kier molecular flexibility index (Phi) is 2.89. The molecule has 1 N–H and O–H groups in total. The SMILES string of the molecule is O=c1[nH]cnc2ncn(-c3ccccc3OC(F)(F)F)c12. The molecule has 0 unspecified atom stereocenters. The van der Waals surface area contributed by atoms with Gasteiger partial charge in [0.2, 0.25) is 0 Å². The number of ether oxygens (including phenoxy) is 1. The molecule has 0 bridgehead atoms. The molecule has 0 radical (unpaired) electrons. The van der Waals surface area contributed by atoms with Crippen molar-refractivity contribution < 1.29 is 17.9 Å². The predicted molar refractivity (Wildman–Crippen MR) is 66.2 cm³/mol. The van der Waals surface area contributed by atoms with Crippen molar-refractivity contribution in [3.05, 3.63) is 47.3 Å². The monoisotopic (exact) mass is 296 g/mol. The van der Waals surface area contributed by atoms with Crippen molar-refractivity contribution >= 4 is 11.2 Å². The molecule has 0 aliphatic heterocycles. The average molecular weight is 296 g/mol. The maximum atomic E-state index is 12.4. The van der Waals surface area contributed by atoms with Crippen LogP contribution in [0.15, 0.2) is 41.7 Å². The summed E-state index contributed by atoms with van der Waals surface area (Å²) in [5.74, 6) is -0.437. The zero-order chi connectivity index (χ0) is 15.0. The van der Waals surface area contributed by atoms with Crippen LogP contribution in [0.1, 0.15) is 0 Å². The maximum Gasteiger partial charge on any atom is 0.573 e. The lowest BCUT2D eigenvalue weighted by atomic mass is 10.3. The van der Waals surface area contributed by atoms with E-state index in [2.05, 4.69) is 19.7 Å². The standard InChI is InChI=1S/C12H7F3N4O2/c13-12(14,15)21-8-4-2-1-3-7(8)19-6-18-10-9(19)11(20)17-5-16-10/h1-6H,(H,16,17,20). The van der Waals surface area contributed by atoms with Crippen LogP contribution in [0, 0.1) is 0 Å². The minimum absolute atomic E-state index is 0.0377. The molecule has 1 aromatic carbocycles. The summed E-state index contributed by atoms with van der Waals surface area (Å²) in [5, 5.41) is 0. The largest absolute Gasteiger partial charge is 0.573 e. The first-order valence-corrected chi connectivity index (χ1v) is 5.71. The number of para-hydroxylation sites is 2. The van der Waals surface area contributed by atoms with Gasteiger partial charge in [0.1, 0.15) is 6.33 Å². The zero-order valence-corrected chi connectivity index (χ0v) is 10.3. The molecule has 3 aromatic rings. The van der Waals surface area contributed by atoms with Crippen LogP contribution in [0.4, 0.5) is 13.2 Å². The number of hydrogen-bond donors (Lipinski definition) is 1. The van der Waals surface area contributed by atoms with Gasteiger partial charge in [-0.2, -0.15) is 0 Å². The van der Waals surface area contributed by atoms with E-state index < -0.39 is 17.7 Å². The number of alkyl halides is 3. The topological polar surface area (TPSA) is 72.8 Å². The highest BCUT2D eigenvalue weighted by Crippen LogP contribution is 2.29. The quantitative estimate of drug-likeness (QED) is 0.785. The van der Waals surface area contributed by atoms with E-state index in [1.807, 2.05) is 0 Å². The number of rotatable bonds is 2. The minimum atomic E-state index is -4.84. The van der Waals surface area contributed by atoms with Crippen LogP contribution in [0.25, 0.3) is 16.9 Å². The van der Waals surface area contributed by atoms with Crippen LogP contribution >= 0.6 is 0 Å². The third-order valence-corrected chi connectivity index (χ3v) is 2.70. The van der Waals surface area contributed by atoms with E-state index in [0.29, 0.717) is 0 Å². The van der Waals surface area contributed by atoms with Crippen LogP contribution in [-0.4, -0.2) is 25.9 Å². The van der Waals surface area contributed by atoms with Gasteiger partial charge in [-0.05, 0) is 12.1 Å². The first kappa shape index (κ1) is 13.2.